The summed E-state index contributed by atoms with van der Waals surface area (Å²) in [6.07, 6.45) is 2.11. The Morgan fingerprint density at radius 1 is 1.18 bits per heavy atom. The quantitative estimate of drug-likeness (QED) is 0.448. The van der Waals surface area contributed by atoms with Crippen LogP contribution < -0.4 is 4.74 Å². The van der Waals surface area contributed by atoms with Crippen molar-refractivity contribution in [3.8, 4) is 17.6 Å². The largest absolute Gasteiger partial charge is 0.487 e. The molecular formula is C27H32N4O6S2. The Morgan fingerprint density at radius 2 is 1.87 bits per heavy atom. The van der Waals surface area contributed by atoms with Gasteiger partial charge < -0.3 is 14.4 Å². The molecule has 1 aliphatic heterocycles. The average Bonchev–Trinajstić information content (AvgIpc) is 3.36. The first kappa shape index (κ1) is 28.8. The van der Waals surface area contributed by atoms with Crippen molar-refractivity contribution < 1.29 is 26.7 Å². The van der Waals surface area contributed by atoms with Crippen LogP contribution in [0.2, 0.25) is 0 Å². The van der Waals surface area contributed by atoms with Crippen molar-refractivity contribution in [2.45, 2.75) is 35.9 Å². The van der Waals surface area contributed by atoms with Gasteiger partial charge in [-0.1, -0.05) is 37.0 Å². The summed E-state index contributed by atoms with van der Waals surface area (Å²) in [4.78, 5) is 3.91. The molecule has 0 fully saturated rings. The Morgan fingerprint density at radius 3 is 2.51 bits per heavy atom. The first-order valence-corrected chi connectivity index (χ1v) is 15.3. The minimum Gasteiger partial charge on any atom is -0.487 e. The number of aryl methyl sites for hydroxylation is 1. The molecule has 1 aliphatic rings. The molecule has 0 amide bonds. The lowest BCUT2D eigenvalue weighted by molar-refractivity contribution is 0.0904. The van der Waals surface area contributed by atoms with Crippen LogP contribution in [0, 0.1) is 17.8 Å². The van der Waals surface area contributed by atoms with Crippen molar-refractivity contribution in [3.63, 3.8) is 0 Å². The first-order chi connectivity index (χ1) is 18.4. The Bertz CT molecular complexity index is 1590. The van der Waals surface area contributed by atoms with Gasteiger partial charge in [0, 0.05) is 49.9 Å². The van der Waals surface area contributed by atoms with Crippen molar-refractivity contribution in [3.05, 3.63) is 72.2 Å². The van der Waals surface area contributed by atoms with E-state index >= 15 is 0 Å². The molecule has 10 nitrogen and oxygen atoms in total. The third-order valence-electron chi connectivity index (χ3n) is 6.58. The maximum absolute atomic E-state index is 13.7. The number of likely N-dealkylation sites (N-methyl/N-ethyl adjacent to an activating group) is 1. The van der Waals surface area contributed by atoms with Gasteiger partial charge in [-0.25, -0.2) is 21.8 Å². The van der Waals surface area contributed by atoms with Gasteiger partial charge in [0.2, 0.25) is 10.0 Å². The zero-order chi connectivity index (χ0) is 28.4. The van der Waals surface area contributed by atoms with Crippen LogP contribution in [0.4, 0.5) is 0 Å². The van der Waals surface area contributed by atoms with E-state index < -0.39 is 38.1 Å². The van der Waals surface area contributed by atoms with Gasteiger partial charge in [0.05, 0.1) is 19.5 Å². The average molecular weight is 573 g/mol. The van der Waals surface area contributed by atoms with Gasteiger partial charge in [0.15, 0.2) is 5.03 Å². The molecule has 2 heterocycles. The molecule has 0 saturated carbocycles. The number of aromatic nitrogens is 2. The van der Waals surface area contributed by atoms with E-state index in [1.54, 1.807) is 37.6 Å². The fourth-order valence-corrected chi connectivity index (χ4v) is 7.19. The van der Waals surface area contributed by atoms with Crippen molar-refractivity contribution in [2.75, 3.05) is 26.7 Å². The van der Waals surface area contributed by atoms with E-state index in [0.717, 1.165) is 9.87 Å². The zero-order valence-corrected chi connectivity index (χ0v) is 23.9. The van der Waals surface area contributed by atoms with Gasteiger partial charge in [-0.2, -0.15) is 8.61 Å². The Labute approximate surface area is 230 Å². The number of aliphatic hydroxyl groups is 1. The van der Waals surface area contributed by atoms with Gasteiger partial charge in [0.1, 0.15) is 16.7 Å². The summed E-state index contributed by atoms with van der Waals surface area (Å²) in [6.45, 7) is 3.02. The molecule has 12 heteroatoms. The number of ether oxygens (including phenoxy) is 1. The van der Waals surface area contributed by atoms with Gasteiger partial charge in [-0.15, -0.1) is 0 Å². The van der Waals surface area contributed by atoms with Crippen LogP contribution in [0.5, 0.6) is 5.75 Å². The molecule has 0 spiro atoms. The van der Waals surface area contributed by atoms with Gasteiger partial charge in [0.25, 0.3) is 10.0 Å². The predicted molar refractivity (Wildman–Crippen MR) is 146 cm³/mol. The van der Waals surface area contributed by atoms with E-state index in [1.807, 2.05) is 30.3 Å². The number of hydrogen-bond acceptors (Lipinski definition) is 7. The van der Waals surface area contributed by atoms with Crippen LogP contribution in [0.1, 0.15) is 25.0 Å². The fourth-order valence-electron chi connectivity index (χ4n) is 4.22. The minimum absolute atomic E-state index is 0.0290. The molecule has 208 valence electrons. The van der Waals surface area contributed by atoms with Crippen LogP contribution in [0.25, 0.3) is 0 Å². The third kappa shape index (κ3) is 6.18. The van der Waals surface area contributed by atoms with Gasteiger partial charge in [-0.05, 0) is 37.3 Å². The number of imidazole rings is 1. The van der Waals surface area contributed by atoms with E-state index in [9.17, 15) is 21.9 Å². The number of hydrogen-bond donors (Lipinski definition) is 1. The van der Waals surface area contributed by atoms with Crippen LogP contribution in [-0.2, 0) is 27.1 Å². The van der Waals surface area contributed by atoms with Crippen LogP contribution >= 0.6 is 0 Å². The third-order valence-corrected chi connectivity index (χ3v) is 10.3. The number of sulfonamides is 2. The highest BCUT2D eigenvalue weighted by Crippen LogP contribution is 2.34. The molecule has 1 N–H and O–H groups in total. The van der Waals surface area contributed by atoms with Crippen molar-refractivity contribution in [2.24, 2.45) is 13.0 Å². The number of benzene rings is 2. The molecule has 0 aliphatic carbocycles. The SMILES string of the molecule is C[C@@H]1CN([C@@H](C)CO)S(=O)(=O)c2ccc(C#Cc3ccccc3)cc2O[C@@H]1CN(C)S(=O)(=O)c1cn(C)cn1. The Hall–Kier alpha value is -3.21. The summed E-state index contributed by atoms with van der Waals surface area (Å²) >= 11 is 0. The predicted octanol–water partition coefficient (Wildman–Crippen LogP) is 1.91. The Kier molecular flexibility index (Phi) is 8.48. The highest BCUT2D eigenvalue weighted by Gasteiger charge is 2.39. The number of fused-ring (bicyclic) bond motifs is 1. The van der Waals surface area contributed by atoms with E-state index in [4.69, 9.17) is 4.74 Å². The van der Waals surface area contributed by atoms with Crippen molar-refractivity contribution in [1.82, 2.24) is 18.2 Å². The van der Waals surface area contributed by atoms with Crippen molar-refractivity contribution in [1.29, 1.82) is 0 Å². The molecule has 39 heavy (non-hydrogen) atoms. The van der Waals surface area contributed by atoms with E-state index in [1.165, 1.54) is 29.9 Å². The first-order valence-electron chi connectivity index (χ1n) is 12.4. The summed E-state index contributed by atoms with van der Waals surface area (Å²) < 4.78 is 63.9. The van der Waals surface area contributed by atoms with E-state index in [-0.39, 0.29) is 35.4 Å². The van der Waals surface area contributed by atoms with Crippen LogP contribution in [-0.4, -0.2) is 79.0 Å². The summed E-state index contributed by atoms with van der Waals surface area (Å²) in [5, 5.41) is 9.74. The molecule has 4 rings (SSSR count). The smallest absolute Gasteiger partial charge is 0.261 e. The van der Waals surface area contributed by atoms with Crippen LogP contribution in [0.15, 0.2) is 71.0 Å². The highest BCUT2D eigenvalue weighted by atomic mass is 32.2. The van der Waals surface area contributed by atoms with Gasteiger partial charge in [-0.3, -0.25) is 0 Å². The maximum atomic E-state index is 13.7. The number of rotatable bonds is 6. The van der Waals surface area contributed by atoms with Crippen molar-refractivity contribution >= 4 is 20.0 Å². The molecule has 3 atom stereocenters. The summed E-state index contributed by atoms with van der Waals surface area (Å²) in [5.74, 6) is 5.73. The van der Waals surface area contributed by atoms with Gasteiger partial charge >= 0.3 is 0 Å². The lowest BCUT2D eigenvalue weighted by Crippen LogP contribution is -2.50. The maximum Gasteiger partial charge on any atom is 0.261 e. The lowest BCUT2D eigenvalue weighted by Gasteiger charge is -2.37. The van der Waals surface area contributed by atoms with E-state index in [2.05, 4.69) is 16.8 Å². The second-order valence-electron chi connectivity index (χ2n) is 9.68. The molecule has 0 saturated heterocycles. The number of aliphatic hydroxyl groups excluding tert-OH is 1. The zero-order valence-electron chi connectivity index (χ0n) is 22.2. The lowest BCUT2D eigenvalue weighted by atomic mass is 10.0. The number of nitrogens with zero attached hydrogens (tertiary/aromatic N) is 4. The molecule has 0 bridgehead atoms. The summed E-state index contributed by atoms with van der Waals surface area (Å²) in [6, 6.07) is 13.3. The molecule has 1 aromatic heterocycles. The molecule has 3 aromatic rings. The monoisotopic (exact) mass is 572 g/mol. The van der Waals surface area contributed by atoms with E-state index in [0.29, 0.717) is 5.56 Å². The molecule has 2 aromatic carbocycles. The normalized spacial score (nSPS) is 20.2. The minimum atomic E-state index is -4.04. The Balaban J connectivity index is 1.74. The molecular weight excluding hydrogens is 540 g/mol. The van der Waals surface area contributed by atoms with Crippen LogP contribution in [0.3, 0.4) is 0 Å². The second kappa shape index (κ2) is 11.5. The standard InChI is InChI=1S/C27H32N4O6S2/c1-20-15-31(21(2)18-32)38(33,34)26-13-12-23(11-10-22-8-6-5-7-9-22)14-24(26)37-25(20)16-30(4)39(35,36)27-17-29(3)19-28-27/h5-9,12-14,17,19-21,25,32H,15-16,18H2,1-4H3/t20-,21+,25-/m1/s1. The topological polar surface area (TPSA) is 122 Å². The fraction of sp³-hybridized carbons (Fsp3) is 0.370. The molecule has 0 radical (unpaired) electrons. The summed E-state index contributed by atoms with van der Waals surface area (Å²) in [7, 11) is -4.84. The second-order valence-corrected chi connectivity index (χ2v) is 13.5. The summed E-state index contributed by atoms with van der Waals surface area (Å²) in [5.41, 5.74) is 1.34. The molecule has 0 unspecified atom stereocenters. The highest BCUT2D eigenvalue weighted by molar-refractivity contribution is 7.89.